The Hall–Kier alpha value is -1.28. The third-order valence-corrected chi connectivity index (χ3v) is 6.02. The Morgan fingerprint density at radius 2 is 1.70 bits per heavy atom. The van der Waals surface area contributed by atoms with Crippen LogP contribution in [0.3, 0.4) is 0 Å². The predicted octanol–water partition coefficient (Wildman–Crippen LogP) is 3.87. The minimum Gasteiger partial charge on any atom is -0.372 e. The van der Waals surface area contributed by atoms with Crippen molar-refractivity contribution in [3.8, 4) is 0 Å². The number of piperidine rings is 1. The molecule has 0 bridgehead atoms. The molecule has 3 rings (SSSR count). The lowest BCUT2D eigenvalue weighted by Crippen LogP contribution is -2.46. The lowest BCUT2D eigenvalue weighted by Gasteiger charge is -2.38. The molecule has 2 nitrogen and oxygen atoms in total. The van der Waals surface area contributed by atoms with Crippen LogP contribution < -0.4 is 0 Å². The minimum absolute atomic E-state index is 0.626. The molecule has 1 aliphatic heterocycles. The number of benzene rings is 1. The molecule has 23 heavy (non-hydrogen) atoms. The van der Waals surface area contributed by atoms with E-state index in [9.17, 15) is 0 Å². The van der Waals surface area contributed by atoms with Crippen molar-refractivity contribution in [3.05, 3.63) is 47.7 Å². The fraction of sp³-hybridized carbons (Fsp3) is 0.619. The van der Waals surface area contributed by atoms with E-state index in [1.54, 1.807) is 11.1 Å². The molecule has 0 amide bonds. The van der Waals surface area contributed by atoms with Gasteiger partial charge in [0.2, 0.25) is 0 Å². The van der Waals surface area contributed by atoms with Gasteiger partial charge < -0.3 is 9.38 Å². The Bertz CT molecular complexity index is 526. The Labute approximate surface area is 142 Å². The van der Waals surface area contributed by atoms with Crippen molar-refractivity contribution in [2.24, 2.45) is 5.92 Å². The first-order valence-corrected chi connectivity index (χ1v) is 9.25. The fourth-order valence-electron chi connectivity index (χ4n) is 4.37. The van der Waals surface area contributed by atoms with Crippen molar-refractivity contribution in [3.63, 3.8) is 0 Å². The van der Waals surface area contributed by atoms with E-state index < -0.39 is 0 Å². The highest BCUT2D eigenvalue weighted by Gasteiger charge is 2.29. The molecule has 0 aromatic heterocycles. The van der Waals surface area contributed by atoms with Gasteiger partial charge in [-0.2, -0.15) is 0 Å². The minimum atomic E-state index is 0.626. The van der Waals surface area contributed by atoms with Gasteiger partial charge in [0.15, 0.2) is 0 Å². The molecule has 0 unspecified atom stereocenters. The summed E-state index contributed by atoms with van der Waals surface area (Å²) >= 11 is 0. The topological polar surface area (TPSA) is 3.24 Å². The van der Waals surface area contributed by atoms with Gasteiger partial charge in [0, 0.05) is 18.3 Å². The van der Waals surface area contributed by atoms with Crippen LogP contribution >= 0.6 is 0 Å². The van der Waals surface area contributed by atoms with Gasteiger partial charge >= 0.3 is 0 Å². The molecule has 0 N–H and O–H groups in total. The predicted molar refractivity (Wildman–Crippen MR) is 98.3 cm³/mol. The third kappa shape index (κ3) is 3.98. The second-order valence-electron chi connectivity index (χ2n) is 8.37. The van der Waals surface area contributed by atoms with Crippen LogP contribution in [0.15, 0.2) is 36.5 Å². The van der Waals surface area contributed by atoms with Crippen LogP contribution in [0.4, 0.5) is 0 Å². The van der Waals surface area contributed by atoms with Crippen LogP contribution in [0.5, 0.6) is 0 Å². The van der Waals surface area contributed by atoms with Crippen LogP contribution in [-0.2, 0) is 12.8 Å². The van der Waals surface area contributed by atoms with Crippen molar-refractivity contribution in [2.75, 3.05) is 33.7 Å². The van der Waals surface area contributed by atoms with Crippen LogP contribution in [0.25, 0.3) is 0 Å². The molecule has 2 aliphatic rings. The fourth-order valence-corrected chi connectivity index (χ4v) is 4.37. The summed E-state index contributed by atoms with van der Waals surface area (Å²) in [7, 11) is 4.73. The van der Waals surface area contributed by atoms with Crippen LogP contribution in [-0.4, -0.2) is 49.2 Å². The molecule has 1 aliphatic carbocycles. The molecule has 0 saturated carbocycles. The lowest BCUT2D eigenvalue weighted by molar-refractivity contribution is -0.896. The van der Waals surface area contributed by atoms with E-state index >= 15 is 0 Å². The number of rotatable bonds is 5. The molecule has 0 radical (unpaired) electrons. The molecule has 0 atom stereocenters. The quantitative estimate of drug-likeness (QED) is 0.746. The van der Waals surface area contributed by atoms with Gasteiger partial charge in [-0.15, -0.1) is 0 Å². The molecule has 1 fully saturated rings. The van der Waals surface area contributed by atoms with Crippen molar-refractivity contribution in [2.45, 2.75) is 45.1 Å². The second-order valence-corrected chi connectivity index (χ2v) is 8.37. The van der Waals surface area contributed by atoms with Gasteiger partial charge in [-0.05, 0) is 56.1 Å². The smallest absolute Gasteiger partial charge is 0.0785 e. The van der Waals surface area contributed by atoms with E-state index in [0.717, 1.165) is 5.92 Å². The number of allylic oxidation sites excluding steroid dienone is 1. The molecule has 1 aromatic carbocycles. The summed E-state index contributed by atoms with van der Waals surface area (Å²) in [6.45, 7) is 10.3. The Balaban J connectivity index is 1.56. The molecular formula is C21H33N2+. The highest BCUT2D eigenvalue weighted by Crippen LogP contribution is 2.29. The summed E-state index contributed by atoms with van der Waals surface area (Å²) in [6, 6.07) is 9.57. The largest absolute Gasteiger partial charge is 0.372 e. The number of hydrogen-bond donors (Lipinski definition) is 0. The van der Waals surface area contributed by atoms with E-state index in [2.05, 4.69) is 56.8 Å². The molecule has 1 saturated heterocycles. The van der Waals surface area contributed by atoms with E-state index in [-0.39, 0.29) is 0 Å². The van der Waals surface area contributed by atoms with Gasteiger partial charge in [-0.3, -0.25) is 0 Å². The molecule has 1 heterocycles. The standard InChI is InChI=1S/C21H33N2/c1-17(2)22(12-9-18-10-13-23(3,4)14-11-18)21-15-19-7-5-6-8-20(19)16-21/h5-8,18,21H,1,9-16H2,2-4H3/q+1. The van der Waals surface area contributed by atoms with E-state index in [1.165, 1.54) is 61.9 Å². The summed E-state index contributed by atoms with van der Waals surface area (Å²) in [4.78, 5) is 2.59. The molecule has 1 aromatic rings. The van der Waals surface area contributed by atoms with Crippen LogP contribution in [0.1, 0.15) is 37.3 Å². The molecule has 0 spiro atoms. The Morgan fingerprint density at radius 1 is 1.13 bits per heavy atom. The average Bonchev–Trinajstić information content (AvgIpc) is 2.92. The van der Waals surface area contributed by atoms with Gasteiger partial charge in [-0.1, -0.05) is 30.8 Å². The normalized spacial score (nSPS) is 21.2. The lowest BCUT2D eigenvalue weighted by atomic mass is 9.92. The maximum Gasteiger partial charge on any atom is 0.0785 e. The highest BCUT2D eigenvalue weighted by molar-refractivity contribution is 5.33. The number of nitrogens with zero attached hydrogens (tertiary/aromatic N) is 2. The van der Waals surface area contributed by atoms with Crippen LogP contribution in [0, 0.1) is 5.92 Å². The molecule has 126 valence electrons. The van der Waals surface area contributed by atoms with Crippen molar-refractivity contribution < 1.29 is 4.48 Å². The van der Waals surface area contributed by atoms with Crippen molar-refractivity contribution >= 4 is 0 Å². The Morgan fingerprint density at radius 3 is 2.22 bits per heavy atom. The first-order valence-electron chi connectivity index (χ1n) is 9.25. The number of likely N-dealkylation sites (tertiary alicyclic amines) is 1. The summed E-state index contributed by atoms with van der Waals surface area (Å²) in [5.41, 5.74) is 4.33. The summed E-state index contributed by atoms with van der Waals surface area (Å²) in [5.74, 6) is 0.909. The maximum absolute atomic E-state index is 4.27. The van der Waals surface area contributed by atoms with E-state index in [1.807, 2.05) is 0 Å². The highest BCUT2D eigenvalue weighted by atomic mass is 15.3. The van der Waals surface area contributed by atoms with Gasteiger partial charge in [0.05, 0.1) is 27.2 Å². The second kappa shape index (κ2) is 6.68. The van der Waals surface area contributed by atoms with Gasteiger partial charge in [0.1, 0.15) is 0 Å². The van der Waals surface area contributed by atoms with Crippen molar-refractivity contribution in [1.82, 2.24) is 4.90 Å². The summed E-state index contributed by atoms with van der Waals surface area (Å²) < 4.78 is 1.21. The Kier molecular flexibility index (Phi) is 4.82. The zero-order chi connectivity index (χ0) is 16.4. The molecule has 2 heteroatoms. The number of quaternary nitrogens is 1. The zero-order valence-corrected chi connectivity index (χ0v) is 15.2. The summed E-state index contributed by atoms with van der Waals surface area (Å²) in [6.07, 6.45) is 6.50. The maximum atomic E-state index is 4.27. The number of fused-ring (bicyclic) bond motifs is 1. The van der Waals surface area contributed by atoms with E-state index in [4.69, 9.17) is 0 Å². The SMILES string of the molecule is C=C(C)N(CCC1CC[N+](C)(C)CC1)C1Cc2ccccc2C1. The first kappa shape index (κ1) is 16.6. The third-order valence-electron chi connectivity index (χ3n) is 6.02. The summed E-state index contributed by atoms with van der Waals surface area (Å²) in [5, 5.41) is 0. The van der Waals surface area contributed by atoms with E-state index in [0.29, 0.717) is 6.04 Å². The van der Waals surface area contributed by atoms with Crippen LogP contribution in [0.2, 0.25) is 0 Å². The molecular weight excluding hydrogens is 280 g/mol. The van der Waals surface area contributed by atoms with Gasteiger partial charge in [0.25, 0.3) is 0 Å². The van der Waals surface area contributed by atoms with Crippen molar-refractivity contribution in [1.29, 1.82) is 0 Å². The van der Waals surface area contributed by atoms with Gasteiger partial charge in [-0.25, -0.2) is 0 Å². The zero-order valence-electron chi connectivity index (χ0n) is 15.2. The monoisotopic (exact) mass is 313 g/mol. The number of hydrogen-bond acceptors (Lipinski definition) is 1. The first-order chi connectivity index (χ1) is 10.9. The average molecular weight is 314 g/mol.